The number of carboxylic acid groups (broad SMARTS) is 1. The molecule has 0 aliphatic carbocycles. The summed E-state index contributed by atoms with van der Waals surface area (Å²) in [4.78, 5) is 22.2. The molecule has 0 bridgehead atoms. The van der Waals surface area contributed by atoms with Crippen LogP contribution >= 0.6 is 0 Å². The van der Waals surface area contributed by atoms with Crippen LogP contribution in [0.1, 0.15) is 34.6 Å². The number of carbonyl (C=O) groups excluding carboxylic acids is 1. The molecular formula is C11H19NO4. The molecule has 0 saturated carbocycles. The predicted octanol–water partition coefficient (Wildman–Crippen LogP) is 1.29. The van der Waals surface area contributed by atoms with Gasteiger partial charge < -0.3 is 15.2 Å². The van der Waals surface area contributed by atoms with Crippen molar-refractivity contribution in [2.24, 2.45) is 0 Å². The molecule has 0 aromatic carbocycles. The maximum absolute atomic E-state index is 11.5. The minimum atomic E-state index is -1.10. The highest BCUT2D eigenvalue weighted by atomic mass is 16.6. The number of aliphatic carboxylic acids is 1. The Morgan fingerprint density at radius 2 is 1.88 bits per heavy atom. The van der Waals surface area contributed by atoms with Gasteiger partial charge in [-0.25, -0.2) is 9.59 Å². The molecule has 0 saturated heterocycles. The summed E-state index contributed by atoms with van der Waals surface area (Å²) in [6, 6.07) is -0.693. The number of rotatable bonds is 4. The number of carboxylic acids is 1. The van der Waals surface area contributed by atoms with Crippen molar-refractivity contribution in [2.45, 2.75) is 46.3 Å². The van der Waals surface area contributed by atoms with Crippen LogP contribution < -0.4 is 5.32 Å². The van der Waals surface area contributed by atoms with Gasteiger partial charge in [-0.1, -0.05) is 6.08 Å². The summed E-state index contributed by atoms with van der Waals surface area (Å²) in [6.07, 6.45) is 1.39. The lowest BCUT2D eigenvalue weighted by atomic mass is 10.2. The van der Waals surface area contributed by atoms with Gasteiger partial charge in [0.1, 0.15) is 17.3 Å². The van der Waals surface area contributed by atoms with Crippen LogP contribution in [-0.4, -0.2) is 28.7 Å². The SMILES string of the molecule is C/C=C(\N[C@H](C)C(=O)OC(C)(C)C)C(=O)O. The van der Waals surface area contributed by atoms with Crippen molar-refractivity contribution in [3.8, 4) is 0 Å². The Bertz CT molecular complexity index is 302. The van der Waals surface area contributed by atoms with E-state index >= 15 is 0 Å². The quantitative estimate of drug-likeness (QED) is 0.561. The van der Waals surface area contributed by atoms with Crippen LogP contribution in [0.4, 0.5) is 0 Å². The van der Waals surface area contributed by atoms with Gasteiger partial charge in [0.25, 0.3) is 0 Å². The molecule has 0 radical (unpaired) electrons. The molecule has 92 valence electrons. The average Bonchev–Trinajstić information content (AvgIpc) is 2.10. The first kappa shape index (κ1) is 14.5. The Hall–Kier alpha value is -1.52. The molecule has 5 nitrogen and oxygen atoms in total. The van der Waals surface area contributed by atoms with Crippen LogP contribution in [0.25, 0.3) is 0 Å². The lowest BCUT2D eigenvalue weighted by Crippen LogP contribution is -2.40. The summed E-state index contributed by atoms with van der Waals surface area (Å²) in [5, 5.41) is 11.3. The zero-order valence-corrected chi connectivity index (χ0v) is 10.3. The van der Waals surface area contributed by atoms with Crippen molar-refractivity contribution in [1.82, 2.24) is 5.32 Å². The minimum Gasteiger partial charge on any atom is -0.477 e. The fraction of sp³-hybridized carbons (Fsp3) is 0.636. The molecule has 0 spiro atoms. The number of carbonyl (C=O) groups is 2. The van der Waals surface area contributed by atoms with Crippen LogP contribution in [0.15, 0.2) is 11.8 Å². The molecule has 2 N–H and O–H groups in total. The predicted molar refractivity (Wildman–Crippen MR) is 59.8 cm³/mol. The summed E-state index contributed by atoms with van der Waals surface area (Å²) in [7, 11) is 0. The zero-order chi connectivity index (χ0) is 12.9. The minimum absolute atomic E-state index is 0.0154. The number of ether oxygens (including phenoxy) is 1. The molecule has 0 rings (SSSR count). The molecule has 0 aromatic heterocycles. The van der Waals surface area contributed by atoms with Crippen molar-refractivity contribution in [2.75, 3.05) is 0 Å². The Labute approximate surface area is 95.5 Å². The maximum atomic E-state index is 11.5. The topological polar surface area (TPSA) is 75.6 Å². The van der Waals surface area contributed by atoms with E-state index in [0.717, 1.165) is 0 Å². The Morgan fingerprint density at radius 1 is 1.38 bits per heavy atom. The molecule has 0 heterocycles. The Balaban J connectivity index is 4.42. The molecule has 0 aliphatic heterocycles. The van der Waals surface area contributed by atoms with Crippen molar-refractivity contribution in [1.29, 1.82) is 0 Å². The Morgan fingerprint density at radius 3 is 2.19 bits per heavy atom. The van der Waals surface area contributed by atoms with E-state index in [9.17, 15) is 9.59 Å². The van der Waals surface area contributed by atoms with Crippen molar-refractivity contribution in [3.05, 3.63) is 11.8 Å². The van der Waals surface area contributed by atoms with Gasteiger partial charge in [0.2, 0.25) is 0 Å². The van der Waals surface area contributed by atoms with Gasteiger partial charge in [0, 0.05) is 0 Å². The van der Waals surface area contributed by atoms with Crippen LogP contribution in [-0.2, 0) is 14.3 Å². The second-order valence-electron chi connectivity index (χ2n) is 4.41. The normalized spacial score (nSPS) is 14.2. The third-order valence-electron chi connectivity index (χ3n) is 1.65. The highest BCUT2D eigenvalue weighted by Crippen LogP contribution is 2.08. The summed E-state index contributed by atoms with van der Waals surface area (Å²) in [5.41, 5.74) is -0.592. The number of allylic oxidation sites excluding steroid dienone is 1. The monoisotopic (exact) mass is 229 g/mol. The smallest absolute Gasteiger partial charge is 0.351 e. The van der Waals surface area contributed by atoms with E-state index in [0.29, 0.717) is 0 Å². The van der Waals surface area contributed by atoms with Gasteiger partial charge in [0.15, 0.2) is 0 Å². The first-order chi connectivity index (χ1) is 7.17. The first-order valence-electron chi connectivity index (χ1n) is 5.06. The van der Waals surface area contributed by atoms with Crippen molar-refractivity contribution < 1.29 is 19.4 Å². The largest absolute Gasteiger partial charge is 0.477 e. The van der Waals surface area contributed by atoms with Gasteiger partial charge in [-0.2, -0.15) is 0 Å². The summed E-state index contributed by atoms with van der Waals surface area (Å²) >= 11 is 0. The van der Waals surface area contributed by atoms with E-state index in [1.807, 2.05) is 0 Å². The standard InChI is InChI=1S/C11H19NO4/c1-6-8(9(13)14)12-7(2)10(15)16-11(3,4)5/h6-7,12H,1-5H3,(H,13,14)/b8-6-/t7-/m1/s1. The Kier molecular flexibility index (Phi) is 5.01. The third kappa shape index (κ3) is 5.38. The fourth-order valence-corrected chi connectivity index (χ4v) is 0.951. The van der Waals surface area contributed by atoms with Crippen LogP contribution in [0, 0.1) is 0 Å². The fourth-order valence-electron chi connectivity index (χ4n) is 0.951. The van der Waals surface area contributed by atoms with E-state index in [1.165, 1.54) is 6.08 Å². The summed E-state index contributed by atoms with van der Waals surface area (Å²) in [5.74, 6) is -1.58. The molecule has 0 fully saturated rings. The average molecular weight is 229 g/mol. The highest BCUT2D eigenvalue weighted by Gasteiger charge is 2.23. The van der Waals surface area contributed by atoms with E-state index in [2.05, 4.69) is 5.32 Å². The molecule has 0 amide bonds. The van der Waals surface area contributed by atoms with E-state index in [4.69, 9.17) is 9.84 Å². The van der Waals surface area contributed by atoms with Gasteiger partial charge in [-0.3, -0.25) is 0 Å². The van der Waals surface area contributed by atoms with E-state index < -0.39 is 23.6 Å². The number of nitrogens with one attached hydrogen (secondary N) is 1. The second-order valence-corrected chi connectivity index (χ2v) is 4.41. The van der Waals surface area contributed by atoms with Crippen LogP contribution in [0.2, 0.25) is 0 Å². The number of hydrogen-bond acceptors (Lipinski definition) is 4. The molecule has 1 atom stereocenters. The lowest BCUT2D eigenvalue weighted by molar-refractivity contribution is -0.156. The van der Waals surface area contributed by atoms with Crippen LogP contribution in [0.3, 0.4) is 0 Å². The lowest BCUT2D eigenvalue weighted by Gasteiger charge is -2.23. The molecule has 0 aromatic rings. The molecule has 16 heavy (non-hydrogen) atoms. The zero-order valence-electron chi connectivity index (χ0n) is 10.3. The number of hydrogen-bond donors (Lipinski definition) is 2. The maximum Gasteiger partial charge on any atom is 0.351 e. The first-order valence-corrected chi connectivity index (χ1v) is 5.06. The van der Waals surface area contributed by atoms with Gasteiger partial charge >= 0.3 is 11.9 Å². The van der Waals surface area contributed by atoms with E-state index in [-0.39, 0.29) is 5.70 Å². The third-order valence-corrected chi connectivity index (χ3v) is 1.65. The molecule has 0 aliphatic rings. The van der Waals surface area contributed by atoms with Gasteiger partial charge in [-0.05, 0) is 34.6 Å². The highest BCUT2D eigenvalue weighted by molar-refractivity contribution is 5.87. The van der Waals surface area contributed by atoms with E-state index in [1.54, 1.807) is 34.6 Å². The molecular weight excluding hydrogens is 210 g/mol. The van der Waals surface area contributed by atoms with Gasteiger partial charge in [-0.15, -0.1) is 0 Å². The van der Waals surface area contributed by atoms with Crippen molar-refractivity contribution in [3.63, 3.8) is 0 Å². The summed E-state index contributed by atoms with van der Waals surface area (Å²) < 4.78 is 5.10. The number of esters is 1. The van der Waals surface area contributed by atoms with Crippen LogP contribution in [0.5, 0.6) is 0 Å². The van der Waals surface area contributed by atoms with Crippen molar-refractivity contribution >= 4 is 11.9 Å². The molecule has 5 heteroatoms. The second kappa shape index (κ2) is 5.53. The van der Waals surface area contributed by atoms with Gasteiger partial charge in [0.05, 0.1) is 0 Å². The molecule has 0 unspecified atom stereocenters. The summed E-state index contributed by atoms with van der Waals surface area (Å²) in [6.45, 7) is 8.40.